The fourth-order valence-electron chi connectivity index (χ4n) is 3.05. The molecule has 28 heavy (non-hydrogen) atoms. The van der Waals surface area contributed by atoms with Crippen molar-refractivity contribution in [2.45, 2.75) is 13.5 Å². The van der Waals surface area contributed by atoms with Crippen molar-refractivity contribution in [3.8, 4) is 5.75 Å². The number of aryl methyl sites for hydroxylation is 2. The maximum Gasteiger partial charge on any atom is 0.302 e. The number of fused-ring (bicyclic) bond motifs is 2. The Morgan fingerprint density at radius 2 is 2.14 bits per heavy atom. The van der Waals surface area contributed by atoms with Crippen molar-refractivity contribution in [2.75, 3.05) is 12.4 Å². The van der Waals surface area contributed by atoms with Crippen molar-refractivity contribution in [2.24, 2.45) is 7.05 Å². The largest absolute Gasteiger partial charge is 0.494 e. The summed E-state index contributed by atoms with van der Waals surface area (Å²) in [6.45, 7) is 1.72. The molecule has 144 valence electrons. The molecule has 0 aliphatic heterocycles. The molecular formula is C18H16FN5O4. The van der Waals surface area contributed by atoms with Gasteiger partial charge >= 0.3 is 6.01 Å². The van der Waals surface area contributed by atoms with Crippen LogP contribution in [0.3, 0.4) is 0 Å². The first-order chi connectivity index (χ1) is 13.4. The molecule has 3 heterocycles. The summed E-state index contributed by atoms with van der Waals surface area (Å²) < 4.78 is 27.1. The number of carbonyl (C=O) groups is 1. The lowest BCUT2D eigenvalue weighted by molar-refractivity contribution is -0.116. The van der Waals surface area contributed by atoms with Crippen molar-refractivity contribution in [1.29, 1.82) is 0 Å². The number of halogens is 1. The molecule has 0 bridgehead atoms. The SMILES string of the molecule is COc1cc2nc(NC(=O)Cn3cnc4c3c(C)cc(=O)n4C)oc2cc1F. The third-order valence-electron chi connectivity index (χ3n) is 4.40. The molecule has 4 aromatic rings. The summed E-state index contributed by atoms with van der Waals surface area (Å²) in [4.78, 5) is 32.6. The van der Waals surface area contributed by atoms with E-state index in [1.807, 2.05) is 0 Å². The third-order valence-corrected chi connectivity index (χ3v) is 4.40. The standard InChI is InChI=1S/C18H16FN5O4/c1-9-4-15(26)23(2)17-16(9)24(8-20-17)7-14(25)22-18-21-11-6-12(27-3)10(19)5-13(11)28-18/h4-6,8H,7H2,1-3H3,(H,21,22,25). The van der Waals surface area contributed by atoms with Crippen LogP contribution in [0.5, 0.6) is 5.75 Å². The van der Waals surface area contributed by atoms with E-state index in [4.69, 9.17) is 9.15 Å². The van der Waals surface area contributed by atoms with Gasteiger partial charge in [0.25, 0.3) is 5.56 Å². The van der Waals surface area contributed by atoms with Crippen LogP contribution in [0.4, 0.5) is 10.4 Å². The number of carbonyl (C=O) groups excluding carboxylic acids is 1. The minimum atomic E-state index is -0.588. The zero-order valence-electron chi connectivity index (χ0n) is 15.3. The molecule has 1 amide bonds. The van der Waals surface area contributed by atoms with E-state index in [-0.39, 0.29) is 29.5 Å². The van der Waals surface area contributed by atoms with Gasteiger partial charge in [0.15, 0.2) is 22.8 Å². The van der Waals surface area contributed by atoms with Gasteiger partial charge in [-0.1, -0.05) is 0 Å². The van der Waals surface area contributed by atoms with Gasteiger partial charge in [0.05, 0.1) is 19.0 Å². The molecule has 1 aromatic carbocycles. The number of rotatable bonds is 4. The lowest BCUT2D eigenvalue weighted by atomic mass is 10.2. The van der Waals surface area contributed by atoms with E-state index in [9.17, 15) is 14.0 Å². The molecule has 0 radical (unpaired) electrons. The molecule has 0 saturated carbocycles. The monoisotopic (exact) mass is 385 g/mol. The van der Waals surface area contributed by atoms with Crippen LogP contribution in [0.1, 0.15) is 5.56 Å². The predicted octanol–water partition coefficient (Wildman–Crippen LogP) is 1.97. The van der Waals surface area contributed by atoms with E-state index in [1.165, 1.54) is 30.1 Å². The van der Waals surface area contributed by atoms with Gasteiger partial charge in [0.1, 0.15) is 12.1 Å². The first kappa shape index (κ1) is 17.7. The molecule has 0 saturated heterocycles. The Bertz CT molecular complexity index is 1290. The van der Waals surface area contributed by atoms with E-state index in [2.05, 4.69) is 15.3 Å². The molecule has 0 unspecified atom stereocenters. The van der Waals surface area contributed by atoms with E-state index in [0.29, 0.717) is 22.2 Å². The van der Waals surface area contributed by atoms with Crippen LogP contribution in [-0.2, 0) is 18.4 Å². The Balaban J connectivity index is 1.60. The summed E-state index contributed by atoms with van der Waals surface area (Å²) in [5.74, 6) is -0.966. The normalized spacial score (nSPS) is 11.3. The van der Waals surface area contributed by atoms with Crippen LogP contribution in [0.2, 0.25) is 0 Å². The van der Waals surface area contributed by atoms with Crippen LogP contribution in [0, 0.1) is 12.7 Å². The Hall–Kier alpha value is -3.69. The van der Waals surface area contributed by atoms with E-state index < -0.39 is 11.7 Å². The second-order valence-electron chi connectivity index (χ2n) is 6.29. The zero-order valence-corrected chi connectivity index (χ0v) is 15.3. The smallest absolute Gasteiger partial charge is 0.302 e. The number of nitrogens with zero attached hydrogens (tertiary/aromatic N) is 4. The average Bonchev–Trinajstić information content (AvgIpc) is 3.22. The quantitative estimate of drug-likeness (QED) is 0.576. The van der Waals surface area contributed by atoms with E-state index in [0.717, 1.165) is 6.07 Å². The Morgan fingerprint density at radius 3 is 2.89 bits per heavy atom. The molecule has 10 heteroatoms. The molecule has 4 rings (SSSR count). The number of hydrogen-bond acceptors (Lipinski definition) is 6. The molecule has 0 aliphatic rings. The number of ether oxygens (including phenoxy) is 1. The first-order valence-electron chi connectivity index (χ1n) is 8.32. The zero-order chi connectivity index (χ0) is 20.0. The van der Waals surface area contributed by atoms with Gasteiger partial charge in [-0.05, 0) is 12.5 Å². The molecule has 9 nitrogen and oxygen atoms in total. The molecule has 1 N–H and O–H groups in total. The van der Waals surface area contributed by atoms with Crippen LogP contribution >= 0.6 is 0 Å². The topological polar surface area (TPSA) is 104 Å². The number of nitrogens with one attached hydrogen (secondary N) is 1. The highest BCUT2D eigenvalue weighted by Crippen LogP contribution is 2.26. The number of methoxy groups -OCH3 is 1. The van der Waals surface area contributed by atoms with Crippen LogP contribution in [0.15, 0.2) is 33.7 Å². The number of pyridine rings is 1. The summed E-state index contributed by atoms with van der Waals surface area (Å²) >= 11 is 0. The van der Waals surface area contributed by atoms with Crippen LogP contribution in [0.25, 0.3) is 22.3 Å². The average molecular weight is 385 g/mol. The fourth-order valence-corrected chi connectivity index (χ4v) is 3.05. The maximum absolute atomic E-state index is 13.8. The van der Waals surface area contributed by atoms with Gasteiger partial charge in [-0.3, -0.25) is 19.5 Å². The number of imidazole rings is 1. The first-order valence-corrected chi connectivity index (χ1v) is 8.32. The number of benzene rings is 1. The highest BCUT2D eigenvalue weighted by molar-refractivity contribution is 5.91. The number of oxazole rings is 1. The Morgan fingerprint density at radius 1 is 1.36 bits per heavy atom. The lowest BCUT2D eigenvalue weighted by Gasteiger charge is -2.07. The second kappa shape index (κ2) is 6.48. The van der Waals surface area contributed by atoms with Crippen molar-refractivity contribution in [1.82, 2.24) is 19.1 Å². The lowest BCUT2D eigenvalue weighted by Crippen LogP contribution is -2.20. The summed E-state index contributed by atoms with van der Waals surface area (Å²) in [5, 5.41) is 2.54. The highest BCUT2D eigenvalue weighted by atomic mass is 19.1. The summed E-state index contributed by atoms with van der Waals surface area (Å²) in [7, 11) is 2.97. The Labute approximate surface area is 157 Å². The number of aromatic nitrogens is 4. The van der Waals surface area contributed by atoms with Gasteiger partial charge in [-0.25, -0.2) is 9.37 Å². The summed E-state index contributed by atoms with van der Waals surface area (Å²) in [5.41, 5.74) is 2.26. The minimum Gasteiger partial charge on any atom is -0.494 e. The molecular weight excluding hydrogens is 369 g/mol. The molecule has 0 spiro atoms. The Kier molecular flexibility index (Phi) is 4.10. The summed E-state index contributed by atoms with van der Waals surface area (Å²) in [6.07, 6.45) is 1.49. The molecule has 0 fully saturated rings. The van der Waals surface area contributed by atoms with Crippen LogP contribution < -0.4 is 15.6 Å². The van der Waals surface area contributed by atoms with Crippen LogP contribution in [-0.4, -0.2) is 32.1 Å². The van der Waals surface area contributed by atoms with Gasteiger partial charge in [0.2, 0.25) is 5.91 Å². The summed E-state index contributed by atoms with van der Waals surface area (Å²) in [6, 6.07) is 3.96. The molecule has 3 aromatic heterocycles. The highest BCUT2D eigenvalue weighted by Gasteiger charge is 2.16. The third kappa shape index (κ3) is 2.88. The molecule has 0 aliphatic carbocycles. The van der Waals surface area contributed by atoms with Crippen molar-refractivity contribution in [3.05, 3.63) is 46.3 Å². The van der Waals surface area contributed by atoms with E-state index >= 15 is 0 Å². The fraction of sp³-hybridized carbons (Fsp3) is 0.222. The number of hydrogen-bond donors (Lipinski definition) is 1. The van der Waals surface area contributed by atoms with Gasteiger partial charge < -0.3 is 13.7 Å². The van der Waals surface area contributed by atoms with Crippen molar-refractivity contribution >= 4 is 34.2 Å². The second-order valence-corrected chi connectivity index (χ2v) is 6.29. The molecule has 0 atom stereocenters. The van der Waals surface area contributed by atoms with Gasteiger partial charge in [0, 0.05) is 25.2 Å². The van der Waals surface area contributed by atoms with Gasteiger partial charge in [-0.2, -0.15) is 4.98 Å². The van der Waals surface area contributed by atoms with Gasteiger partial charge in [-0.15, -0.1) is 0 Å². The van der Waals surface area contributed by atoms with Crippen molar-refractivity contribution in [3.63, 3.8) is 0 Å². The minimum absolute atomic E-state index is 0.0321. The number of amides is 1. The number of anilines is 1. The van der Waals surface area contributed by atoms with E-state index in [1.54, 1.807) is 18.5 Å². The maximum atomic E-state index is 13.8. The predicted molar refractivity (Wildman–Crippen MR) is 98.9 cm³/mol. The van der Waals surface area contributed by atoms with Crippen molar-refractivity contribution < 1.29 is 18.3 Å².